The molecule has 1 aromatic heterocycles. The zero-order valence-corrected chi connectivity index (χ0v) is 31.8. The average molecular weight is 749 g/mol. The average Bonchev–Trinajstić information content (AvgIpc) is 3.53. The van der Waals surface area contributed by atoms with E-state index in [0.717, 1.165) is 16.7 Å². The van der Waals surface area contributed by atoms with Crippen molar-refractivity contribution in [3.05, 3.63) is 130 Å². The standard InChI is InChI=1S/C37H34ClF3N2O6S.Na/c1-36(2,3)29-12-8-25(9-13-29)32(18-23-4-6-26(7-5-23)35(44)42-16-17-50(45,46)47)33-22-34(49-43-33)28-19-27(24-10-14-30(38)15-11-24)20-31(21-28)48-37(39,40)41;/h4-15,19-22,32H,16-18H2,1-3H3,(H,42,44)(H,45,46,47);/q;+1/p-1. The first-order valence-corrected chi connectivity index (χ1v) is 17.4. The van der Waals surface area contributed by atoms with E-state index in [9.17, 15) is 30.9 Å². The maximum atomic E-state index is 13.3. The molecule has 262 valence electrons. The van der Waals surface area contributed by atoms with Crippen LogP contribution in [0.1, 0.15) is 59.4 Å². The smallest absolute Gasteiger partial charge is 0.748 e. The Bertz CT molecular complexity index is 2060. The number of amides is 1. The number of alkyl halides is 3. The van der Waals surface area contributed by atoms with E-state index in [0.29, 0.717) is 33.8 Å². The molecule has 0 spiro atoms. The van der Waals surface area contributed by atoms with Crippen LogP contribution >= 0.6 is 11.6 Å². The quantitative estimate of drug-likeness (QED) is 0.140. The van der Waals surface area contributed by atoms with Gasteiger partial charge in [-0.25, -0.2) is 8.42 Å². The third kappa shape index (κ3) is 11.4. The summed E-state index contributed by atoms with van der Waals surface area (Å²) in [5.41, 5.74) is 4.97. The van der Waals surface area contributed by atoms with E-state index in [1.54, 1.807) is 60.7 Å². The predicted octanol–water partition coefficient (Wildman–Crippen LogP) is 5.51. The van der Waals surface area contributed by atoms with Crippen LogP contribution in [0.15, 0.2) is 102 Å². The largest absolute Gasteiger partial charge is 1.00 e. The summed E-state index contributed by atoms with van der Waals surface area (Å²) >= 11 is 6.03. The van der Waals surface area contributed by atoms with Crippen LogP contribution in [-0.4, -0.2) is 42.7 Å². The molecular formula is C37H33ClF3N2NaO6S. The number of carbonyl (C=O) groups is 1. The summed E-state index contributed by atoms with van der Waals surface area (Å²) in [5.74, 6) is -1.79. The number of hydrogen-bond donors (Lipinski definition) is 1. The van der Waals surface area contributed by atoms with Crippen molar-refractivity contribution < 1.29 is 69.8 Å². The number of hydrogen-bond acceptors (Lipinski definition) is 7. The maximum Gasteiger partial charge on any atom is 1.00 e. The van der Waals surface area contributed by atoms with E-state index in [4.69, 9.17) is 16.1 Å². The second kappa shape index (κ2) is 16.4. The van der Waals surface area contributed by atoms with Gasteiger partial charge in [0.15, 0.2) is 5.76 Å². The first-order valence-electron chi connectivity index (χ1n) is 15.5. The fourth-order valence-corrected chi connectivity index (χ4v) is 5.84. The molecule has 0 aliphatic rings. The fourth-order valence-electron chi connectivity index (χ4n) is 5.36. The van der Waals surface area contributed by atoms with Crippen molar-refractivity contribution in [2.45, 2.75) is 44.9 Å². The Balaban J connectivity index is 0.00000583. The van der Waals surface area contributed by atoms with Crippen molar-refractivity contribution in [2.24, 2.45) is 0 Å². The van der Waals surface area contributed by atoms with Gasteiger partial charge in [0.05, 0.1) is 21.6 Å². The van der Waals surface area contributed by atoms with Gasteiger partial charge in [-0.15, -0.1) is 13.2 Å². The van der Waals surface area contributed by atoms with Crippen molar-refractivity contribution in [1.29, 1.82) is 0 Å². The topological polar surface area (TPSA) is 122 Å². The van der Waals surface area contributed by atoms with E-state index >= 15 is 0 Å². The van der Waals surface area contributed by atoms with Gasteiger partial charge in [-0.05, 0) is 82.1 Å². The molecule has 0 radical (unpaired) electrons. The summed E-state index contributed by atoms with van der Waals surface area (Å²) in [6.07, 6.45) is -4.50. The minimum atomic E-state index is -4.92. The zero-order chi connectivity index (χ0) is 36.3. The van der Waals surface area contributed by atoms with E-state index in [2.05, 4.69) is 36.0 Å². The maximum absolute atomic E-state index is 13.3. The monoisotopic (exact) mass is 748 g/mol. The van der Waals surface area contributed by atoms with Gasteiger partial charge in [-0.1, -0.05) is 86.1 Å². The van der Waals surface area contributed by atoms with Crippen LogP contribution in [-0.2, 0) is 22.0 Å². The Morgan fingerprint density at radius 1 is 0.902 bits per heavy atom. The molecule has 4 aromatic carbocycles. The number of benzene rings is 4. The molecule has 1 amide bonds. The van der Waals surface area contributed by atoms with Gasteiger partial charge in [-0.3, -0.25) is 4.79 Å². The first kappa shape index (κ1) is 40.1. The second-order valence-electron chi connectivity index (χ2n) is 12.8. The van der Waals surface area contributed by atoms with Crippen LogP contribution in [0.5, 0.6) is 5.75 Å². The number of rotatable bonds is 11. The minimum absolute atomic E-state index is 0. The fraction of sp³-hybridized carbons (Fsp3) is 0.243. The molecule has 1 unspecified atom stereocenters. The van der Waals surface area contributed by atoms with Crippen molar-refractivity contribution in [3.63, 3.8) is 0 Å². The van der Waals surface area contributed by atoms with Crippen molar-refractivity contribution in [2.75, 3.05) is 12.3 Å². The number of halogens is 4. The van der Waals surface area contributed by atoms with Gasteiger partial charge in [0, 0.05) is 34.7 Å². The van der Waals surface area contributed by atoms with E-state index in [-0.39, 0.29) is 58.8 Å². The van der Waals surface area contributed by atoms with Crippen LogP contribution in [0.4, 0.5) is 13.2 Å². The summed E-state index contributed by atoms with van der Waals surface area (Å²) < 4.78 is 82.5. The number of nitrogens with zero attached hydrogens (tertiary/aromatic N) is 1. The van der Waals surface area contributed by atoms with Gasteiger partial charge in [0.2, 0.25) is 0 Å². The molecule has 0 aliphatic heterocycles. The molecule has 8 nitrogen and oxygen atoms in total. The normalized spacial score (nSPS) is 12.5. The van der Waals surface area contributed by atoms with Crippen LogP contribution in [0, 0.1) is 0 Å². The molecule has 1 heterocycles. The van der Waals surface area contributed by atoms with E-state index in [1.807, 2.05) is 24.3 Å². The van der Waals surface area contributed by atoms with Gasteiger partial charge in [0.1, 0.15) is 5.75 Å². The van der Waals surface area contributed by atoms with Gasteiger partial charge in [0.25, 0.3) is 5.91 Å². The summed E-state index contributed by atoms with van der Waals surface area (Å²) in [5, 5.41) is 7.25. The predicted molar refractivity (Wildman–Crippen MR) is 183 cm³/mol. The third-order valence-corrected chi connectivity index (χ3v) is 8.92. The number of ether oxygens (including phenoxy) is 1. The number of aromatic nitrogens is 1. The van der Waals surface area contributed by atoms with Crippen molar-refractivity contribution >= 4 is 27.6 Å². The molecule has 0 fully saturated rings. The Morgan fingerprint density at radius 3 is 2.12 bits per heavy atom. The Morgan fingerprint density at radius 2 is 1.53 bits per heavy atom. The van der Waals surface area contributed by atoms with E-state index < -0.39 is 33.9 Å². The van der Waals surface area contributed by atoms with Crippen molar-refractivity contribution in [1.82, 2.24) is 10.5 Å². The Kier molecular flexibility index (Phi) is 12.9. The number of nitrogens with one attached hydrogen (secondary N) is 1. The molecule has 1 N–H and O–H groups in total. The summed E-state index contributed by atoms with van der Waals surface area (Å²) in [4.78, 5) is 12.5. The zero-order valence-electron chi connectivity index (χ0n) is 28.3. The van der Waals surface area contributed by atoms with Crippen LogP contribution in [0.3, 0.4) is 0 Å². The minimum Gasteiger partial charge on any atom is -0.748 e. The van der Waals surface area contributed by atoms with Gasteiger partial charge < -0.3 is 19.1 Å². The summed E-state index contributed by atoms with van der Waals surface area (Å²) in [7, 11) is -4.46. The molecule has 14 heteroatoms. The first-order chi connectivity index (χ1) is 23.4. The molecule has 0 bridgehead atoms. The molecule has 0 aliphatic carbocycles. The van der Waals surface area contributed by atoms with Gasteiger partial charge >= 0.3 is 35.9 Å². The Hall–Kier alpha value is -3.65. The summed E-state index contributed by atoms with van der Waals surface area (Å²) in [6, 6.07) is 27.3. The summed E-state index contributed by atoms with van der Waals surface area (Å²) in [6.45, 7) is 6.01. The Labute approximate surface area is 321 Å². The molecule has 5 aromatic rings. The second-order valence-corrected chi connectivity index (χ2v) is 14.7. The molecule has 0 saturated heterocycles. The van der Waals surface area contributed by atoms with E-state index in [1.165, 1.54) is 12.1 Å². The van der Waals surface area contributed by atoms with Crippen LogP contribution < -0.4 is 39.6 Å². The van der Waals surface area contributed by atoms with Crippen molar-refractivity contribution in [3.8, 4) is 28.2 Å². The number of carbonyl (C=O) groups excluding carboxylic acids is 1. The van der Waals surface area contributed by atoms with Crippen LogP contribution in [0.2, 0.25) is 5.02 Å². The molecule has 5 rings (SSSR count). The third-order valence-electron chi connectivity index (χ3n) is 7.96. The van der Waals surface area contributed by atoms with Crippen LogP contribution in [0.25, 0.3) is 22.5 Å². The van der Waals surface area contributed by atoms with Gasteiger partial charge in [-0.2, -0.15) is 0 Å². The molecule has 1 atom stereocenters. The molecule has 51 heavy (non-hydrogen) atoms. The molecule has 0 saturated carbocycles. The SMILES string of the molecule is CC(C)(C)c1ccc(C(Cc2ccc(C(=O)NCCS(=O)(=O)[O-])cc2)c2cc(-c3cc(OC(F)(F)F)cc(-c4ccc(Cl)cc4)c3)on2)cc1.[Na+]. The molecular weight excluding hydrogens is 716 g/mol.